The number of alkyl halides is 3. The minimum Gasteiger partial charge on any atom is -0.445 e. The van der Waals surface area contributed by atoms with Crippen LogP contribution in [0.2, 0.25) is 0 Å². The van der Waals surface area contributed by atoms with Crippen molar-refractivity contribution in [3.63, 3.8) is 0 Å². The largest absolute Gasteiger partial charge is 0.445 e. The van der Waals surface area contributed by atoms with Crippen LogP contribution in [0.1, 0.15) is 5.56 Å². The predicted octanol–water partition coefficient (Wildman–Crippen LogP) is 3.91. The van der Waals surface area contributed by atoms with Crippen molar-refractivity contribution in [1.29, 1.82) is 0 Å². The Morgan fingerprint density at radius 2 is 1.84 bits per heavy atom. The summed E-state index contributed by atoms with van der Waals surface area (Å²) in [5.74, 6) is 0. The van der Waals surface area contributed by atoms with E-state index in [0.29, 0.717) is 11.3 Å². The lowest BCUT2D eigenvalue weighted by Gasteiger charge is -2.13. The molecular weight excluding hydrogens is 336 g/mol. The van der Waals surface area contributed by atoms with Gasteiger partial charge in [-0.3, -0.25) is 10.1 Å². The number of benzene rings is 1. The van der Waals surface area contributed by atoms with Gasteiger partial charge < -0.3 is 4.74 Å². The number of hydrogen-bond acceptors (Lipinski definition) is 3. The number of hydrogen-bond donors (Lipinski definition) is 1. The van der Waals surface area contributed by atoms with E-state index in [1.165, 1.54) is 0 Å². The van der Waals surface area contributed by atoms with Gasteiger partial charge in [0, 0.05) is 12.1 Å². The van der Waals surface area contributed by atoms with E-state index in [1.54, 1.807) is 24.3 Å². The van der Waals surface area contributed by atoms with Gasteiger partial charge in [-0.2, -0.15) is 0 Å². The number of carbonyl (C=O) groups excluding carboxylic acids is 2. The highest BCUT2D eigenvalue weighted by Crippen LogP contribution is 2.26. The van der Waals surface area contributed by atoms with Gasteiger partial charge in [-0.05, 0) is 23.2 Å². The summed E-state index contributed by atoms with van der Waals surface area (Å²) in [4.78, 5) is 22.3. The molecule has 0 aliphatic rings. The van der Waals surface area contributed by atoms with E-state index in [9.17, 15) is 9.59 Å². The van der Waals surface area contributed by atoms with Gasteiger partial charge in [0.2, 0.25) is 9.03 Å². The highest BCUT2D eigenvalue weighted by Gasteiger charge is 2.22. The zero-order valence-corrected chi connectivity index (χ0v) is 12.5. The molecule has 0 saturated carbocycles. The van der Waals surface area contributed by atoms with Crippen LogP contribution in [0.5, 0.6) is 0 Å². The maximum absolute atomic E-state index is 11.5. The molecule has 19 heavy (non-hydrogen) atoms. The maximum Gasteiger partial charge on any atom is 0.411 e. The second-order valence-corrected chi connectivity index (χ2v) is 6.44. The fourth-order valence-electron chi connectivity index (χ4n) is 1.24. The van der Waals surface area contributed by atoms with Crippen molar-refractivity contribution in [2.24, 2.45) is 0 Å². The molecule has 0 aliphatic heterocycles. The molecule has 104 valence electrons. The lowest BCUT2D eigenvalue weighted by molar-refractivity contribution is -0.111. The van der Waals surface area contributed by atoms with Crippen molar-refractivity contribution >= 4 is 63.4 Å². The Kier molecular flexibility index (Phi) is 6.20. The van der Waals surface area contributed by atoms with Crippen molar-refractivity contribution in [3.05, 3.63) is 29.8 Å². The maximum atomic E-state index is 11.5. The average Bonchev–Trinajstić information content (AvgIpc) is 2.27. The van der Waals surface area contributed by atoms with Gasteiger partial charge in [0.1, 0.15) is 6.61 Å². The van der Waals surface area contributed by atoms with Crippen LogP contribution in [-0.4, -0.2) is 21.7 Å². The molecule has 1 aromatic rings. The number of anilines is 1. The van der Waals surface area contributed by atoms with E-state index < -0.39 is 15.1 Å². The van der Waals surface area contributed by atoms with Gasteiger partial charge in [0.25, 0.3) is 0 Å². The van der Waals surface area contributed by atoms with Crippen molar-refractivity contribution in [2.45, 2.75) is 10.2 Å². The Bertz CT molecular complexity index is 473. The Balaban J connectivity index is 2.66. The van der Waals surface area contributed by atoms with Crippen LogP contribution >= 0.6 is 46.4 Å². The number of carbonyl (C=O) groups is 2. The summed E-state index contributed by atoms with van der Waals surface area (Å²) < 4.78 is 3.03. The molecule has 0 fully saturated rings. The first-order chi connectivity index (χ1) is 8.78. The SMILES string of the molecule is O=C(Cl)Cc1ccccc1NC(=O)OCC(Cl)(Cl)Cl. The lowest BCUT2D eigenvalue weighted by Crippen LogP contribution is -2.21. The number of ether oxygens (including phenoxy) is 1. The van der Waals surface area contributed by atoms with Crippen LogP contribution < -0.4 is 5.32 Å². The number of halogens is 4. The molecule has 0 radical (unpaired) electrons. The molecule has 8 heteroatoms. The Labute approximate surface area is 129 Å². The van der Waals surface area contributed by atoms with E-state index in [0.717, 1.165) is 0 Å². The minimum absolute atomic E-state index is 0.0114. The van der Waals surface area contributed by atoms with Crippen molar-refractivity contribution < 1.29 is 14.3 Å². The van der Waals surface area contributed by atoms with Gasteiger partial charge in [0.05, 0.1) is 0 Å². The summed E-state index contributed by atoms with van der Waals surface area (Å²) >= 11 is 21.6. The first-order valence-corrected chi connectivity index (χ1v) is 6.56. The summed E-state index contributed by atoms with van der Waals surface area (Å²) in [5.41, 5.74) is 0.971. The van der Waals surface area contributed by atoms with Crippen LogP contribution in [0.25, 0.3) is 0 Å². The third kappa shape index (κ3) is 6.87. The summed E-state index contributed by atoms with van der Waals surface area (Å²) in [6, 6.07) is 6.66. The summed E-state index contributed by atoms with van der Waals surface area (Å²) in [6.45, 7) is -0.389. The molecule has 0 bridgehead atoms. The van der Waals surface area contributed by atoms with E-state index >= 15 is 0 Å². The molecule has 1 N–H and O–H groups in total. The molecule has 1 rings (SSSR count). The first-order valence-electron chi connectivity index (χ1n) is 5.04. The fraction of sp³-hybridized carbons (Fsp3) is 0.273. The lowest BCUT2D eigenvalue weighted by atomic mass is 10.1. The van der Waals surface area contributed by atoms with Crippen LogP contribution in [0.3, 0.4) is 0 Å². The zero-order chi connectivity index (χ0) is 14.5. The Morgan fingerprint density at radius 1 is 1.21 bits per heavy atom. The quantitative estimate of drug-likeness (QED) is 0.665. The molecule has 4 nitrogen and oxygen atoms in total. The van der Waals surface area contributed by atoms with Gasteiger partial charge in [-0.15, -0.1) is 0 Å². The highest BCUT2D eigenvalue weighted by atomic mass is 35.6. The van der Waals surface area contributed by atoms with Gasteiger partial charge >= 0.3 is 6.09 Å². The molecule has 0 aliphatic carbocycles. The normalized spacial score (nSPS) is 10.9. The summed E-state index contributed by atoms with van der Waals surface area (Å²) in [6.07, 6.45) is -0.802. The molecule has 1 amide bonds. The predicted molar refractivity (Wildman–Crippen MR) is 76.3 cm³/mol. The Hall–Kier alpha value is -0.680. The average molecular weight is 345 g/mol. The number of amides is 1. The molecule has 0 atom stereocenters. The van der Waals surface area contributed by atoms with Crippen LogP contribution in [0.15, 0.2) is 24.3 Å². The van der Waals surface area contributed by atoms with Crippen molar-refractivity contribution in [1.82, 2.24) is 0 Å². The Morgan fingerprint density at radius 3 is 2.42 bits per heavy atom. The first kappa shape index (κ1) is 16.4. The molecule has 0 heterocycles. The van der Waals surface area contributed by atoms with E-state index in [2.05, 4.69) is 5.32 Å². The van der Waals surface area contributed by atoms with E-state index in [4.69, 9.17) is 51.1 Å². The van der Waals surface area contributed by atoms with Crippen molar-refractivity contribution in [2.75, 3.05) is 11.9 Å². The monoisotopic (exact) mass is 343 g/mol. The molecule has 0 spiro atoms. The third-order valence-electron chi connectivity index (χ3n) is 1.95. The zero-order valence-electron chi connectivity index (χ0n) is 9.46. The highest BCUT2D eigenvalue weighted by molar-refractivity contribution is 6.67. The summed E-state index contributed by atoms with van der Waals surface area (Å²) in [7, 11) is 0. The molecule has 0 saturated heterocycles. The van der Waals surface area contributed by atoms with Gasteiger partial charge in [-0.1, -0.05) is 53.0 Å². The van der Waals surface area contributed by atoms with Crippen LogP contribution in [0.4, 0.5) is 10.5 Å². The van der Waals surface area contributed by atoms with Crippen molar-refractivity contribution in [3.8, 4) is 0 Å². The molecular formula is C11H9Cl4NO3. The number of rotatable bonds is 4. The third-order valence-corrected chi connectivity index (χ3v) is 2.41. The molecule has 0 aromatic heterocycles. The summed E-state index contributed by atoms with van der Waals surface area (Å²) in [5, 5.41) is 1.90. The number of nitrogens with one attached hydrogen (secondary N) is 1. The topological polar surface area (TPSA) is 55.4 Å². The fourth-order valence-corrected chi connectivity index (χ4v) is 1.55. The van der Waals surface area contributed by atoms with Gasteiger partial charge in [0.15, 0.2) is 0 Å². The molecule has 0 unspecified atom stereocenters. The smallest absolute Gasteiger partial charge is 0.411 e. The van der Waals surface area contributed by atoms with Crippen LogP contribution in [0, 0.1) is 0 Å². The van der Waals surface area contributed by atoms with Crippen LogP contribution in [-0.2, 0) is 16.0 Å². The molecule has 1 aromatic carbocycles. The van der Waals surface area contributed by atoms with Gasteiger partial charge in [-0.25, -0.2) is 4.79 Å². The van der Waals surface area contributed by atoms with E-state index in [1.807, 2.05) is 0 Å². The van der Waals surface area contributed by atoms with E-state index in [-0.39, 0.29) is 13.0 Å². The minimum atomic E-state index is -1.68. The standard InChI is InChI=1S/C11H9Cl4NO3/c12-9(17)5-7-3-1-2-4-8(7)16-10(18)19-6-11(13,14)15/h1-4H,5-6H2,(H,16,18). The second kappa shape index (κ2) is 7.20. The second-order valence-electron chi connectivity index (χ2n) is 3.51. The number of para-hydroxylation sites is 1.